The molecule has 0 radical (unpaired) electrons. The van der Waals surface area contributed by atoms with Crippen LogP contribution in [0.3, 0.4) is 0 Å². The van der Waals surface area contributed by atoms with Crippen LogP contribution in [0, 0.1) is 0 Å². The standard InChI is InChI=1S/C10H16N2O8.C6H12O6/c13-7(14)3-11(4-8(15)16)1-2-12(5-9(17)18)6-10(19)20;7-2-6(11)5(10)4(9)3(8)1-12-6/h1-6H2,(H,13,14)(H,15,16)(H,17,18)(H,19,20);3-5,7-11H,1-2H2/t;3-,4-,5+,6+/m.1/s1. The number of hydrogen-bond donors (Lipinski definition) is 9. The molecule has 0 amide bonds. The average molecular weight is 472 g/mol. The van der Waals surface area contributed by atoms with Crippen LogP contribution in [-0.4, -0.2) is 156 Å². The Labute approximate surface area is 181 Å². The number of nitrogens with zero attached hydrogens (tertiary/aromatic N) is 2. The van der Waals surface area contributed by atoms with Gasteiger partial charge in [-0.3, -0.25) is 29.0 Å². The predicted octanol–water partition coefficient (Wildman–Crippen LogP) is -5.29. The van der Waals surface area contributed by atoms with E-state index >= 15 is 0 Å². The molecule has 0 aromatic carbocycles. The molecule has 1 aliphatic heterocycles. The molecule has 0 aromatic rings. The molecule has 16 heteroatoms. The van der Waals surface area contributed by atoms with Crippen molar-refractivity contribution in [1.82, 2.24) is 9.80 Å². The fraction of sp³-hybridized carbons (Fsp3) is 0.750. The minimum absolute atomic E-state index is 0.0703. The van der Waals surface area contributed by atoms with Gasteiger partial charge in [-0.1, -0.05) is 0 Å². The summed E-state index contributed by atoms with van der Waals surface area (Å²) in [5.41, 5.74) is 0. The van der Waals surface area contributed by atoms with Crippen molar-refractivity contribution in [3.05, 3.63) is 0 Å². The molecule has 4 atom stereocenters. The van der Waals surface area contributed by atoms with Crippen LogP contribution < -0.4 is 0 Å². The van der Waals surface area contributed by atoms with E-state index in [1.807, 2.05) is 0 Å². The van der Waals surface area contributed by atoms with E-state index in [9.17, 15) is 24.3 Å². The van der Waals surface area contributed by atoms with E-state index in [0.29, 0.717) is 0 Å². The van der Waals surface area contributed by atoms with Crippen molar-refractivity contribution in [3.8, 4) is 0 Å². The Bertz CT molecular complexity index is 578. The Morgan fingerprint density at radius 2 is 1.12 bits per heavy atom. The van der Waals surface area contributed by atoms with Crippen molar-refractivity contribution in [2.45, 2.75) is 24.1 Å². The summed E-state index contributed by atoms with van der Waals surface area (Å²) in [7, 11) is 0. The summed E-state index contributed by atoms with van der Waals surface area (Å²) in [6.07, 6.45) is -4.45. The Morgan fingerprint density at radius 1 is 0.781 bits per heavy atom. The fourth-order valence-electron chi connectivity index (χ4n) is 2.51. The Morgan fingerprint density at radius 3 is 1.41 bits per heavy atom. The Hall–Kier alpha value is -2.44. The van der Waals surface area contributed by atoms with Crippen LogP contribution in [0.5, 0.6) is 0 Å². The summed E-state index contributed by atoms with van der Waals surface area (Å²) in [6.45, 7) is -3.41. The van der Waals surface area contributed by atoms with Gasteiger partial charge in [0.15, 0.2) is 0 Å². The van der Waals surface area contributed by atoms with E-state index in [0.717, 1.165) is 9.80 Å². The maximum atomic E-state index is 10.6. The molecule has 0 bridgehead atoms. The normalized spacial score (nSPS) is 25.2. The van der Waals surface area contributed by atoms with Crippen molar-refractivity contribution < 1.29 is 69.9 Å². The van der Waals surface area contributed by atoms with Gasteiger partial charge < -0.3 is 50.7 Å². The van der Waals surface area contributed by atoms with Gasteiger partial charge in [0.1, 0.15) is 18.3 Å². The molecule has 1 fully saturated rings. The van der Waals surface area contributed by atoms with Crippen LogP contribution in [-0.2, 0) is 23.9 Å². The number of aliphatic hydroxyl groups excluding tert-OH is 4. The number of carboxylic acid groups (broad SMARTS) is 4. The quantitative estimate of drug-likeness (QED) is 0.128. The molecule has 0 saturated carbocycles. The minimum atomic E-state index is -2.17. The second-order valence-corrected chi connectivity index (χ2v) is 6.81. The number of rotatable bonds is 12. The Balaban J connectivity index is 0.000000677. The fourth-order valence-corrected chi connectivity index (χ4v) is 2.51. The first kappa shape index (κ1) is 29.6. The molecule has 9 N–H and O–H groups in total. The van der Waals surface area contributed by atoms with Gasteiger partial charge in [-0.05, 0) is 0 Å². The van der Waals surface area contributed by atoms with Crippen LogP contribution in [0.1, 0.15) is 0 Å². The number of aliphatic carboxylic acids is 4. The van der Waals surface area contributed by atoms with Gasteiger partial charge in [0, 0.05) is 13.1 Å². The van der Waals surface area contributed by atoms with Crippen molar-refractivity contribution in [2.75, 3.05) is 52.5 Å². The second-order valence-electron chi connectivity index (χ2n) is 6.81. The lowest BCUT2D eigenvalue weighted by Gasteiger charge is -2.40. The number of hydrogen-bond acceptors (Lipinski definition) is 12. The van der Waals surface area contributed by atoms with E-state index < -0.39 is 80.8 Å². The summed E-state index contributed by atoms with van der Waals surface area (Å²) >= 11 is 0. The molecular formula is C16H28N2O14. The maximum absolute atomic E-state index is 10.6. The Kier molecular flexibility index (Phi) is 12.8. The van der Waals surface area contributed by atoms with Gasteiger partial charge >= 0.3 is 23.9 Å². The first-order valence-electron chi connectivity index (χ1n) is 9.05. The zero-order valence-electron chi connectivity index (χ0n) is 16.8. The third kappa shape index (κ3) is 11.3. The first-order valence-corrected chi connectivity index (χ1v) is 9.05. The highest BCUT2D eigenvalue weighted by molar-refractivity contribution is 5.73. The van der Waals surface area contributed by atoms with Gasteiger partial charge in [0.05, 0.1) is 39.4 Å². The molecule has 1 rings (SSSR count). The number of ether oxygens (including phenoxy) is 1. The molecule has 0 aromatic heterocycles. The van der Waals surface area contributed by atoms with Crippen molar-refractivity contribution in [3.63, 3.8) is 0 Å². The third-order valence-electron chi connectivity index (χ3n) is 4.08. The van der Waals surface area contributed by atoms with Gasteiger partial charge in [0.25, 0.3) is 0 Å². The average Bonchev–Trinajstić information content (AvgIpc) is 2.66. The topological polar surface area (TPSA) is 266 Å². The highest BCUT2D eigenvalue weighted by Gasteiger charge is 2.47. The monoisotopic (exact) mass is 472 g/mol. The summed E-state index contributed by atoms with van der Waals surface area (Å²) in [5, 5.41) is 79.4. The summed E-state index contributed by atoms with van der Waals surface area (Å²) < 4.78 is 4.56. The van der Waals surface area contributed by atoms with Crippen molar-refractivity contribution >= 4 is 23.9 Å². The molecule has 1 heterocycles. The van der Waals surface area contributed by atoms with Crippen LogP contribution in [0.4, 0.5) is 0 Å². The van der Waals surface area contributed by atoms with Gasteiger partial charge in [-0.2, -0.15) is 0 Å². The number of carboxylic acids is 4. The van der Waals surface area contributed by atoms with Crippen LogP contribution >= 0.6 is 0 Å². The van der Waals surface area contributed by atoms with Crippen molar-refractivity contribution in [2.24, 2.45) is 0 Å². The zero-order valence-corrected chi connectivity index (χ0v) is 16.8. The predicted molar refractivity (Wildman–Crippen MR) is 99.4 cm³/mol. The first-order chi connectivity index (χ1) is 14.7. The highest BCUT2D eigenvalue weighted by atomic mass is 16.7. The largest absolute Gasteiger partial charge is 0.480 e. The molecule has 1 saturated heterocycles. The molecule has 16 nitrogen and oxygen atoms in total. The van der Waals surface area contributed by atoms with E-state index in [1.165, 1.54) is 0 Å². The lowest BCUT2D eigenvalue weighted by molar-refractivity contribution is -0.331. The third-order valence-corrected chi connectivity index (χ3v) is 4.08. The number of carbonyl (C=O) groups is 4. The lowest BCUT2D eigenvalue weighted by Crippen LogP contribution is -2.62. The van der Waals surface area contributed by atoms with Crippen molar-refractivity contribution in [1.29, 1.82) is 0 Å². The van der Waals surface area contributed by atoms with E-state index in [4.69, 9.17) is 40.9 Å². The summed E-state index contributed by atoms with van der Waals surface area (Å²) in [6, 6.07) is 0. The van der Waals surface area contributed by atoms with E-state index in [1.54, 1.807) is 0 Å². The van der Waals surface area contributed by atoms with Crippen LogP contribution in [0.2, 0.25) is 0 Å². The highest BCUT2D eigenvalue weighted by Crippen LogP contribution is 2.22. The molecule has 0 unspecified atom stereocenters. The molecule has 32 heavy (non-hydrogen) atoms. The van der Waals surface area contributed by atoms with E-state index in [2.05, 4.69) is 4.74 Å². The smallest absolute Gasteiger partial charge is 0.317 e. The zero-order chi connectivity index (χ0) is 25.1. The maximum Gasteiger partial charge on any atom is 0.317 e. The lowest BCUT2D eigenvalue weighted by atomic mass is 9.98. The van der Waals surface area contributed by atoms with Gasteiger partial charge in [-0.25, -0.2) is 0 Å². The van der Waals surface area contributed by atoms with Gasteiger partial charge in [-0.15, -0.1) is 0 Å². The summed E-state index contributed by atoms with van der Waals surface area (Å²) in [4.78, 5) is 44.4. The summed E-state index contributed by atoms with van der Waals surface area (Å²) in [5.74, 6) is -7.08. The van der Waals surface area contributed by atoms with Gasteiger partial charge in [0.2, 0.25) is 5.79 Å². The minimum Gasteiger partial charge on any atom is -0.480 e. The van der Waals surface area contributed by atoms with E-state index in [-0.39, 0.29) is 19.7 Å². The molecule has 0 spiro atoms. The molecule has 1 aliphatic rings. The SMILES string of the molecule is O=C(O)CN(CCN(CC(=O)O)CC(=O)O)CC(=O)O.OC[C@]1(O)OC[C@@H](O)[C@@H](O)[C@@H]1O. The number of aliphatic hydroxyl groups is 5. The second kappa shape index (κ2) is 13.9. The molecule has 186 valence electrons. The molecule has 0 aliphatic carbocycles. The van der Waals surface area contributed by atoms with Crippen LogP contribution in [0.25, 0.3) is 0 Å². The molecular weight excluding hydrogens is 444 g/mol. The van der Waals surface area contributed by atoms with Crippen LogP contribution in [0.15, 0.2) is 0 Å².